The molecular weight excluding hydrogens is 242 g/mol. The van der Waals surface area contributed by atoms with E-state index in [1.54, 1.807) is 32.4 Å². The number of Topliss-reactive ketones (excluding diaryl/α,β-unsaturated/α-hetero) is 1. The Morgan fingerprint density at radius 3 is 2.74 bits per heavy atom. The molecule has 2 rings (SSSR count). The number of methoxy groups -OCH3 is 2. The molecule has 1 saturated heterocycles. The van der Waals surface area contributed by atoms with Crippen molar-refractivity contribution in [1.29, 1.82) is 0 Å². The Morgan fingerprint density at radius 1 is 1.32 bits per heavy atom. The first-order valence-electron chi connectivity index (χ1n) is 6.70. The first kappa shape index (κ1) is 13.9. The van der Waals surface area contributed by atoms with Crippen molar-refractivity contribution in [2.45, 2.75) is 19.3 Å². The van der Waals surface area contributed by atoms with Gasteiger partial charge in [-0.1, -0.05) is 0 Å². The SMILES string of the molecule is COc1ccc(C(=O)CCC2CCNC2)cc1OC. The second-order valence-electron chi connectivity index (χ2n) is 4.89. The molecule has 0 bridgehead atoms. The van der Waals surface area contributed by atoms with Gasteiger partial charge >= 0.3 is 0 Å². The van der Waals surface area contributed by atoms with Gasteiger partial charge in [-0.15, -0.1) is 0 Å². The maximum Gasteiger partial charge on any atom is 0.163 e. The van der Waals surface area contributed by atoms with Gasteiger partial charge in [0.05, 0.1) is 14.2 Å². The predicted octanol–water partition coefficient (Wildman–Crippen LogP) is 2.28. The molecule has 0 saturated carbocycles. The fraction of sp³-hybridized carbons (Fsp3) is 0.533. The summed E-state index contributed by atoms with van der Waals surface area (Å²) in [6, 6.07) is 5.34. The number of hydrogen-bond acceptors (Lipinski definition) is 4. The van der Waals surface area contributed by atoms with Crippen molar-refractivity contribution in [2.24, 2.45) is 5.92 Å². The lowest BCUT2D eigenvalue weighted by Gasteiger charge is -2.10. The fourth-order valence-corrected chi connectivity index (χ4v) is 2.45. The van der Waals surface area contributed by atoms with E-state index in [1.807, 2.05) is 0 Å². The molecule has 4 nitrogen and oxygen atoms in total. The van der Waals surface area contributed by atoms with Crippen molar-refractivity contribution in [3.63, 3.8) is 0 Å². The number of carbonyl (C=O) groups excluding carboxylic acids is 1. The molecule has 0 spiro atoms. The van der Waals surface area contributed by atoms with Crippen LogP contribution >= 0.6 is 0 Å². The molecule has 1 N–H and O–H groups in total. The number of nitrogens with one attached hydrogen (secondary N) is 1. The Labute approximate surface area is 114 Å². The molecule has 0 aliphatic carbocycles. The summed E-state index contributed by atoms with van der Waals surface area (Å²) >= 11 is 0. The van der Waals surface area contributed by atoms with Crippen LogP contribution in [0.15, 0.2) is 18.2 Å². The molecule has 1 aromatic carbocycles. The van der Waals surface area contributed by atoms with Gasteiger partial charge in [-0.25, -0.2) is 0 Å². The van der Waals surface area contributed by atoms with Crippen molar-refractivity contribution >= 4 is 5.78 Å². The topological polar surface area (TPSA) is 47.6 Å². The van der Waals surface area contributed by atoms with Gasteiger partial charge in [0.15, 0.2) is 17.3 Å². The van der Waals surface area contributed by atoms with Crippen molar-refractivity contribution in [1.82, 2.24) is 5.32 Å². The van der Waals surface area contributed by atoms with Gasteiger partial charge in [-0.2, -0.15) is 0 Å². The summed E-state index contributed by atoms with van der Waals surface area (Å²) in [5.41, 5.74) is 0.698. The highest BCUT2D eigenvalue weighted by molar-refractivity contribution is 5.96. The van der Waals surface area contributed by atoms with Crippen LogP contribution in [-0.4, -0.2) is 33.1 Å². The second-order valence-corrected chi connectivity index (χ2v) is 4.89. The van der Waals surface area contributed by atoms with Crippen molar-refractivity contribution in [2.75, 3.05) is 27.3 Å². The number of carbonyl (C=O) groups is 1. The van der Waals surface area contributed by atoms with Gasteiger partial charge in [0.25, 0.3) is 0 Å². The minimum Gasteiger partial charge on any atom is -0.493 e. The van der Waals surface area contributed by atoms with E-state index in [-0.39, 0.29) is 5.78 Å². The molecule has 1 atom stereocenters. The zero-order valence-corrected chi connectivity index (χ0v) is 11.6. The van der Waals surface area contributed by atoms with E-state index in [1.165, 1.54) is 6.42 Å². The van der Waals surface area contributed by atoms with Crippen molar-refractivity contribution < 1.29 is 14.3 Å². The zero-order valence-electron chi connectivity index (χ0n) is 11.6. The molecule has 1 unspecified atom stereocenters. The highest BCUT2D eigenvalue weighted by Gasteiger charge is 2.17. The van der Waals surface area contributed by atoms with E-state index in [2.05, 4.69) is 5.32 Å². The van der Waals surface area contributed by atoms with Crippen molar-refractivity contribution in [3.8, 4) is 11.5 Å². The standard InChI is InChI=1S/C15H21NO3/c1-18-14-6-4-12(9-15(14)19-2)13(17)5-3-11-7-8-16-10-11/h4,6,9,11,16H,3,5,7-8,10H2,1-2H3. The lowest BCUT2D eigenvalue weighted by molar-refractivity contribution is 0.0974. The molecular formula is C15H21NO3. The predicted molar refractivity (Wildman–Crippen MR) is 74.1 cm³/mol. The quantitative estimate of drug-likeness (QED) is 0.800. The maximum absolute atomic E-state index is 12.2. The van der Waals surface area contributed by atoms with Crippen molar-refractivity contribution in [3.05, 3.63) is 23.8 Å². The van der Waals surface area contributed by atoms with E-state index in [0.717, 1.165) is 19.5 Å². The average molecular weight is 263 g/mol. The number of ether oxygens (including phenoxy) is 2. The Bertz CT molecular complexity index is 439. The van der Waals surface area contributed by atoms with E-state index in [4.69, 9.17) is 9.47 Å². The average Bonchev–Trinajstić information content (AvgIpc) is 2.97. The molecule has 1 aliphatic rings. The smallest absolute Gasteiger partial charge is 0.163 e. The Kier molecular flexibility index (Phi) is 4.80. The third-order valence-corrected chi connectivity index (χ3v) is 3.65. The third kappa shape index (κ3) is 3.47. The first-order chi connectivity index (χ1) is 9.24. The molecule has 4 heteroatoms. The monoisotopic (exact) mass is 263 g/mol. The Hall–Kier alpha value is -1.55. The fourth-order valence-electron chi connectivity index (χ4n) is 2.45. The minimum atomic E-state index is 0.174. The Balaban J connectivity index is 1.98. The van der Waals surface area contributed by atoms with Crippen LogP contribution in [0.4, 0.5) is 0 Å². The molecule has 0 aromatic heterocycles. The molecule has 1 fully saturated rings. The molecule has 19 heavy (non-hydrogen) atoms. The van der Waals surface area contributed by atoms with Crippen LogP contribution in [-0.2, 0) is 0 Å². The van der Waals surface area contributed by atoms with Crippen LogP contribution in [0.5, 0.6) is 11.5 Å². The summed E-state index contributed by atoms with van der Waals surface area (Å²) in [5, 5.41) is 3.32. The molecule has 0 radical (unpaired) electrons. The summed E-state index contributed by atoms with van der Waals surface area (Å²) in [6.07, 6.45) is 2.74. The second kappa shape index (κ2) is 6.57. The van der Waals surface area contributed by atoms with E-state index in [0.29, 0.717) is 29.4 Å². The van der Waals surface area contributed by atoms with Gasteiger partial charge in [0.1, 0.15) is 0 Å². The molecule has 1 aromatic rings. The third-order valence-electron chi connectivity index (χ3n) is 3.65. The van der Waals surface area contributed by atoms with Gasteiger partial charge in [-0.05, 0) is 50.0 Å². The molecule has 104 valence electrons. The molecule has 1 aliphatic heterocycles. The summed E-state index contributed by atoms with van der Waals surface area (Å²) in [6.45, 7) is 2.12. The summed E-state index contributed by atoms with van der Waals surface area (Å²) in [7, 11) is 3.17. The van der Waals surface area contributed by atoms with Crippen LogP contribution in [0.25, 0.3) is 0 Å². The van der Waals surface area contributed by atoms with Crippen LogP contribution in [0.1, 0.15) is 29.6 Å². The van der Waals surface area contributed by atoms with Crippen LogP contribution in [0.2, 0.25) is 0 Å². The summed E-state index contributed by atoms with van der Waals surface area (Å²) in [5.74, 6) is 2.08. The number of hydrogen-bond donors (Lipinski definition) is 1. The minimum absolute atomic E-state index is 0.174. The van der Waals surface area contributed by atoms with E-state index < -0.39 is 0 Å². The van der Waals surface area contributed by atoms with Crippen LogP contribution in [0.3, 0.4) is 0 Å². The van der Waals surface area contributed by atoms with Gasteiger partial charge in [-0.3, -0.25) is 4.79 Å². The zero-order chi connectivity index (χ0) is 13.7. The maximum atomic E-state index is 12.2. The lowest BCUT2D eigenvalue weighted by Crippen LogP contribution is -2.10. The van der Waals surface area contributed by atoms with Crippen LogP contribution in [0, 0.1) is 5.92 Å². The molecule has 1 heterocycles. The summed E-state index contributed by atoms with van der Waals surface area (Å²) in [4.78, 5) is 12.2. The lowest BCUT2D eigenvalue weighted by atomic mass is 9.98. The largest absolute Gasteiger partial charge is 0.493 e. The van der Waals surface area contributed by atoms with E-state index in [9.17, 15) is 4.79 Å². The van der Waals surface area contributed by atoms with Gasteiger partial charge in [0, 0.05) is 12.0 Å². The van der Waals surface area contributed by atoms with Gasteiger partial charge < -0.3 is 14.8 Å². The summed E-state index contributed by atoms with van der Waals surface area (Å²) < 4.78 is 10.4. The van der Waals surface area contributed by atoms with Gasteiger partial charge in [0.2, 0.25) is 0 Å². The number of rotatable bonds is 6. The number of ketones is 1. The Morgan fingerprint density at radius 2 is 2.11 bits per heavy atom. The van der Waals surface area contributed by atoms with Crippen LogP contribution < -0.4 is 14.8 Å². The molecule has 0 amide bonds. The number of benzene rings is 1. The normalized spacial score (nSPS) is 18.3. The highest BCUT2D eigenvalue weighted by Crippen LogP contribution is 2.28. The first-order valence-corrected chi connectivity index (χ1v) is 6.70. The van der Waals surface area contributed by atoms with E-state index >= 15 is 0 Å². The highest BCUT2D eigenvalue weighted by atomic mass is 16.5.